The predicted molar refractivity (Wildman–Crippen MR) is 157 cm³/mol. The molecule has 4 aromatic rings. The lowest BCUT2D eigenvalue weighted by atomic mass is 10.00. The van der Waals surface area contributed by atoms with Crippen LogP contribution in [-0.4, -0.2) is 41.2 Å². The third-order valence-corrected chi connectivity index (χ3v) is 7.52. The number of fused-ring (bicyclic) bond motifs is 1. The third kappa shape index (κ3) is 6.28. The Morgan fingerprint density at radius 2 is 1.98 bits per heavy atom. The third-order valence-electron chi connectivity index (χ3n) is 7.21. The van der Waals surface area contributed by atoms with Gasteiger partial charge in [-0.15, -0.1) is 0 Å². The van der Waals surface area contributed by atoms with E-state index in [1.54, 1.807) is 41.4 Å². The number of halogens is 1. The zero-order chi connectivity index (χ0) is 28.9. The summed E-state index contributed by atoms with van der Waals surface area (Å²) in [5, 5.41) is 14.1. The maximum absolute atomic E-state index is 12.8. The quantitative estimate of drug-likeness (QED) is 0.252. The number of ether oxygens (including phenoxy) is 3. The van der Waals surface area contributed by atoms with Crippen molar-refractivity contribution in [3.8, 4) is 23.3 Å². The van der Waals surface area contributed by atoms with Crippen LogP contribution in [-0.2, 0) is 6.61 Å². The zero-order valence-corrected chi connectivity index (χ0v) is 23.9. The molecule has 0 unspecified atom stereocenters. The van der Waals surface area contributed by atoms with E-state index >= 15 is 0 Å². The lowest BCUT2D eigenvalue weighted by Gasteiger charge is -2.29. The molecule has 1 fully saturated rings. The monoisotopic (exact) mass is 571 g/mol. The number of likely N-dealkylation sites (tertiary alicyclic amines) is 1. The lowest BCUT2D eigenvalue weighted by Crippen LogP contribution is -2.39. The first kappa shape index (κ1) is 28.0. The van der Waals surface area contributed by atoms with Crippen LogP contribution in [0.15, 0.2) is 54.9 Å². The number of aryl methyl sites for hydroxylation is 1. The number of piperidine rings is 1. The molecule has 1 aliphatic rings. The SMILES string of the molecule is COc1cc2c(Nc3ccc(OCc4ncccc4C)cc3Cl)c(C#N)cnc2cc1OC(=O)N1CCC(C)CC1. The highest BCUT2D eigenvalue weighted by molar-refractivity contribution is 6.33. The van der Waals surface area contributed by atoms with Crippen LogP contribution in [0.3, 0.4) is 0 Å². The van der Waals surface area contributed by atoms with Gasteiger partial charge in [0.1, 0.15) is 18.4 Å². The number of pyridine rings is 2. The Hall–Kier alpha value is -4.55. The number of benzene rings is 2. The Morgan fingerprint density at radius 1 is 1.17 bits per heavy atom. The van der Waals surface area contributed by atoms with Crippen molar-refractivity contribution in [3.05, 3.63) is 76.7 Å². The second kappa shape index (κ2) is 12.3. The number of rotatable bonds is 7. The number of hydrogen-bond donors (Lipinski definition) is 1. The summed E-state index contributed by atoms with van der Waals surface area (Å²) in [6, 6.07) is 14.7. The van der Waals surface area contributed by atoms with E-state index in [1.165, 1.54) is 13.3 Å². The summed E-state index contributed by atoms with van der Waals surface area (Å²) in [6.45, 7) is 5.78. The van der Waals surface area contributed by atoms with Gasteiger partial charge >= 0.3 is 6.09 Å². The number of aromatic nitrogens is 2. The molecular formula is C31H30ClN5O4. The number of methoxy groups -OCH3 is 1. The molecule has 5 rings (SSSR count). The summed E-state index contributed by atoms with van der Waals surface area (Å²) in [4.78, 5) is 23.3. The minimum atomic E-state index is -0.422. The lowest BCUT2D eigenvalue weighted by molar-refractivity contribution is 0.132. The average Bonchev–Trinajstić information content (AvgIpc) is 2.98. The molecule has 0 aliphatic carbocycles. The fraction of sp³-hybridized carbons (Fsp3) is 0.290. The van der Waals surface area contributed by atoms with Crippen LogP contribution < -0.4 is 19.5 Å². The van der Waals surface area contributed by atoms with Crippen molar-refractivity contribution in [2.24, 2.45) is 5.92 Å². The van der Waals surface area contributed by atoms with Gasteiger partial charge in [-0.25, -0.2) is 4.79 Å². The average molecular weight is 572 g/mol. The molecule has 1 amide bonds. The largest absolute Gasteiger partial charge is 0.493 e. The molecule has 1 N–H and O–H groups in total. The van der Waals surface area contributed by atoms with Crippen LogP contribution in [0.2, 0.25) is 5.02 Å². The maximum Gasteiger partial charge on any atom is 0.415 e. The highest BCUT2D eigenvalue weighted by Crippen LogP contribution is 2.39. The van der Waals surface area contributed by atoms with Crippen molar-refractivity contribution in [2.45, 2.75) is 33.3 Å². The van der Waals surface area contributed by atoms with E-state index < -0.39 is 6.09 Å². The Morgan fingerprint density at radius 3 is 2.68 bits per heavy atom. The fourth-order valence-electron chi connectivity index (χ4n) is 4.65. The van der Waals surface area contributed by atoms with E-state index in [0.29, 0.717) is 70.0 Å². The summed E-state index contributed by atoms with van der Waals surface area (Å²) in [5.74, 6) is 1.78. The molecule has 9 nitrogen and oxygen atoms in total. The second-order valence-corrected chi connectivity index (χ2v) is 10.4. The van der Waals surface area contributed by atoms with Gasteiger partial charge in [0.05, 0.1) is 40.3 Å². The van der Waals surface area contributed by atoms with Crippen LogP contribution in [0.5, 0.6) is 17.2 Å². The summed E-state index contributed by atoms with van der Waals surface area (Å²) < 4.78 is 17.2. The van der Waals surface area contributed by atoms with Crippen molar-refractivity contribution < 1.29 is 19.0 Å². The van der Waals surface area contributed by atoms with Gasteiger partial charge < -0.3 is 24.4 Å². The van der Waals surface area contributed by atoms with E-state index in [-0.39, 0.29) is 5.75 Å². The van der Waals surface area contributed by atoms with Gasteiger partial charge in [-0.05, 0) is 55.5 Å². The highest BCUT2D eigenvalue weighted by atomic mass is 35.5. The molecule has 2 aromatic carbocycles. The first-order valence-electron chi connectivity index (χ1n) is 13.3. The summed E-state index contributed by atoms with van der Waals surface area (Å²) in [7, 11) is 1.50. The first-order chi connectivity index (χ1) is 19.9. The van der Waals surface area contributed by atoms with Crippen molar-refractivity contribution >= 4 is 40.0 Å². The topological polar surface area (TPSA) is 110 Å². The van der Waals surface area contributed by atoms with E-state index in [9.17, 15) is 10.1 Å². The summed E-state index contributed by atoms with van der Waals surface area (Å²) in [6.07, 6.45) is 4.66. The molecular weight excluding hydrogens is 542 g/mol. The molecule has 0 radical (unpaired) electrons. The predicted octanol–water partition coefficient (Wildman–Crippen LogP) is 7.03. The number of nitriles is 1. The van der Waals surface area contributed by atoms with Gasteiger partial charge in [0.2, 0.25) is 0 Å². The molecule has 0 saturated carbocycles. The summed E-state index contributed by atoms with van der Waals surface area (Å²) in [5.41, 5.74) is 3.79. The molecule has 3 heterocycles. The van der Waals surface area contributed by atoms with Gasteiger partial charge in [0.25, 0.3) is 0 Å². The minimum absolute atomic E-state index is 0.259. The first-order valence-corrected chi connectivity index (χ1v) is 13.7. The molecule has 41 heavy (non-hydrogen) atoms. The van der Waals surface area contributed by atoms with Crippen molar-refractivity contribution in [1.29, 1.82) is 5.26 Å². The van der Waals surface area contributed by atoms with Gasteiger partial charge in [-0.1, -0.05) is 24.6 Å². The molecule has 0 atom stereocenters. The van der Waals surface area contributed by atoms with Crippen molar-refractivity contribution in [1.82, 2.24) is 14.9 Å². The Kier molecular flexibility index (Phi) is 8.41. The van der Waals surface area contributed by atoms with Crippen LogP contribution in [0, 0.1) is 24.2 Å². The Labute approximate surface area is 243 Å². The fourth-order valence-corrected chi connectivity index (χ4v) is 4.87. The number of anilines is 2. The van der Waals surface area contributed by atoms with E-state index in [1.807, 2.05) is 19.1 Å². The molecule has 10 heteroatoms. The van der Waals surface area contributed by atoms with Crippen LogP contribution >= 0.6 is 11.6 Å². The molecule has 2 aromatic heterocycles. The number of hydrogen-bond acceptors (Lipinski definition) is 8. The normalized spacial score (nSPS) is 13.5. The van der Waals surface area contributed by atoms with Crippen LogP contribution in [0.1, 0.15) is 36.6 Å². The maximum atomic E-state index is 12.8. The van der Waals surface area contributed by atoms with Gasteiger partial charge in [-0.2, -0.15) is 5.26 Å². The van der Waals surface area contributed by atoms with Crippen LogP contribution in [0.4, 0.5) is 16.2 Å². The van der Waals surface area contributed by atoms with E-state index in [4.69, 9.17) is 25.8 Å². The Balaban J connectivity index is 1.40. The van der Waals surface area contributed by atoms with E-state index in [0.717, 1.165) is 24.1 Å². The van der Waals surface area contributed by atoms with Crippen molar-refractivity contribution in [2.75, 3.05) is 25.5 Å². The summed E-state index contributed by atoms with van der Waals surface area (Å²) >= 11 is 6.62. The zero-order valence-electron chi connectivity index (χ0n) is 23.1. The number of amides is 1. The minimum Gasteiger partial charge on any atom is -0.493 e. The highest BCUT2D eigenvalue weighted by Gasteiger charge is 2.24. The molecule has 0 bridgehead atoms. The number of carbonyl (C=O) groups is 1. The standard InChI is InChI=1S/C31H30ClN5O4/c1-19-8-11-37(12-9-19)31(38)41-29-15-26-23(14-28(29)39-3)30(21(16-33)17-35-26)36-25-7-6-22(13-24(25)32)40-18-27-20(2)5-4-10-34-27/h4-7,10,13-15,17,19H,8-9,11-12,18H2,1-3H3,(H,35,36). The van der Waals surface area contributed by atoms with Gasteiger partial charge in [0, 0.05) is 43.0 Å². The smallest absolute Gasteiger partial charge is 0.415 e. The Bertz CT molecular complexity index is 1630. The number of carbonyl (C=O) groups excluding carboxylic acids is 1. The van der Waals surface area contributed by atoms with Crippen molar-refractivity contribution in [3.63, 3.8) is 0 Å². The van der Waals surface area contributed by atoms with Gasteiger partial charge in [-0.3, -0.25) is 9.97 Å². The number of nitrogens with zero attached hydrogens (tertiary/aromatic N) is 4. The number of nitrogens with one attached hydrogen (secondary N) is 1. The molecule has 1 saturated heterocycles. The second-order valence-electron chi connectivity index (χ2n) is 10.0. The molecule has 0 spiro atoms. The molecule has 1 aliphatic heterocycles. The molecule has 210 valence electrons. The van der Waals surface area contributed by atoms with Crippen LogP contribution in [0.25, 0.3) is 10.9 Å². The van der Waals surface area contributed by atoms with E-state index in [2.05, 4.69) is 28.3 Å². The van der Waals surface area contributed by atoms with Gasteiger partial charge in [0.15, 0.2) is 11.5 Å².